The van der Waals surface area contributed by atoms with Crippen LogP contribution in [0.4, 0.5) is 29.3 Å². The number of nitrogens with one attached hydrogen (secondary N) is 2. The molecule has 40 heavy (non-hydrogen) atoms. The number of likely N-dealkylation sites (N-methyl/N-ethyl adjacent to an activating group) is 1. The zero-order valence-corrected chi connectivity index (χ0v) is 23.0. The van der Waals surface area contributed by atoms with Crippen LogP contribution in [0.3, 0.4) is 0 Å². The lowest BCUT2D eigenvalue weighted by Crippen LogP contribution is -2.50. The Hall–Kier alpha value is -3.80. The van der Waals surface area contributed by atoms with Gasteiger partial charge in [-0.2, -0.15) is 0 Å². The van der Waals surface area contributed by atoms with E-state index < -0.39 is 40.9 Å². The second-order valence-corrected chi connectivity index (χ2v) is 10.4. The van der Waals surface area contributed by atoms with Crippen LogP contribution in [-0.4, -0.2) is 78.7 Å². The van der Waals surface area contributed by atoms with Crippen LogP contribution < -0.4 is 15.8 Å². The zero-order valence-electron chi connectivity index (χ0n) is 23.0. The van der Waals surface area contributed by atoms with Crippen molar-refractivity contribution in [3.63, 3.8) is 0 Å². The molecule has 2 aliphatic heterocycles. The number of halogens is 3. The van der Waals surface area contributed by atoms with Crippen molar-refractivity contribution in [1.29, 1.82) is 0 Å². The topological polar surface area (TPSA) is 98.0 Å². The number of carbonyl (C=O) groups excluding carboxylic acids is 2. The van der Waals surface area contributed by atoms with E-state index >= 15 is 4.39 Å². The number of benzene rings is 1. The first-order valence-corrected chi connectivity index (χ1v) is 13.2. The van der Waals surface area contributed by atoms with E-state index in [1.54, 1.807) is 13.8 Å². The van der Waals surface area contributed by atoms with Crippen molar-refractivity contribution in [2.24, 2.45) is 0 Å². The summed E-state index contributed by atoms with van der Waals surface area (Å²) in [6.45, 7) is 7.85. The van der Waals surface area contributed by atoms with Gasteiger partial charge in [-0.1, -0.05) is 6.08 Å². The highest BCUT2D eigenvalue weighted by atomic mass is 19.3. The van der Waals surface area contributed by atoms with Gasteiger partial charge < -0.3 is 29.7 Å². The summed E-state index contributed by atoms with van der Waals surface area (Å²) in [5.41, 5.74) is -0.495. The summed E-state index contributed by atoms with van der Waals surface area (Å²) < 4.78 is 48.3. The molecule has 2 amide bonds. The highest BCUT2D eigenvalue weighted by Crippen LogP contribution is 2.35. The van der Waals surface area contributed by atoms with Crippen LogP contribution in [0.15, 0.2) is 35.3 Å². The minimum absolute atomic E-state index is 0.107. The summed E-state index contributed by atoms with van der Waals surface area (Å²) in [7, 11) is 1.99. The smallest absolute Gasteiger partial charge is 0.410 e. The van der Waals surface area contributed by atoms with Crippen LogP contribution in [0.25, 0.3) is 5.57 Å². The van der Waals surface area contributed by atoms with Gasteiger partial charge in [0, 0.05) is 62.2 Å². The lowest BCUT2D eigenvalue weighted by atomic mass is 9.98. The third-order valence-electron chi connectivity index (χ3n) is 7.16. The molecule has 1 aromatic carbocycles. The van der Waals surface area contributed by atoms with Crippen molar-refractivity contribution in [1.82, 2.24) is 14.8 Å². The number of nitrogens with zero attached hydrogens (tertiary/aromatic N) is 3. The van der Waals surface area contributed by atoms with Gasteiger partial charge in [0.15, 0.2) is 0 Å². The predicted octanol–water partition coefficient (Wildman–Crippen LogP) is 4.48. The van der Waals surface area contributed by atoms with Gasteiger partial charge in [0.25, 0.3) is 12.3 Å². The van der Waals surface area contributed by atoms with E-state index in [2.05, 4.69) is 15.2 Å². The molecular weight excluding hydrogens is 527 g/mol. The Balaban J connectivity index is 1.72. The first kappa shape index (κ1) is 29.2. The third-order valence-corrected chi connectivity index (χ3v) is 7.16. The number of alkyl halides is 2. The Morgan fingerprint density at radius 1 is 1.15 bits per heavy atom. The fourth-order valence-corrected chi connectivity index (χ4v) is 4.86. The van der Waals surface area contributed by atoms with Gasteiger partial charge in [0.2, 0.25) is 5.56 Å². The number of anilines is 2. The van der Waals surface area contributed by atoms with Gasteiger partial charge in [0.1, 0.15) is 5.82 Å². The quantitative estimate of drug-likeness (QED) is 0.540. The van der Waals surface area contributed by atoms with Crippen LogP contribution in [0, 0.1) is 5.82 Å². The standard InChI is InChI=1S/C28H34F3N5O4/c1-16(2)40-28(39)36-7-5-6-18(15-36)19-10-23(24(12-22(19)29)35-9-8-34(4)17(3)14-35)33-27(38)21-13-32-25(37)11-20(21)26(30)31/h6,10-13,16-17,26H,5,7-9,14-15H2,1-4H3,(H,32,37)(H,33,38)/t17-/m0/s1. The number of hydrogen-bond acceptors (Lipinski definition) is 6. The van der Waals surface area contributed by atoms with Gasteiger partial charge in [-0.05, 0) is 51.9 Å². The molecule has 0 aliphatic carbocycles. The van der Waals surface area contributed by atoms with Crippen LogP contribution in [0.5, 0.6) is 0 Å². The maximum Gasteiger partial charge on any atom is 0.410 e. The van der Waals surface area contributed by atoms with E-state index in [1.807, 2.05) is 24.9 Å². The van der Waals surface area contributed by atoms with E-state index in [-0.39, 0.29) is 29.9 Å². The third kappa shape index (κ3) is 6.49. The number of amides is 2. The molecule has 12 heteroatoms. The normalized spacial score (nSPS) is 18.2. The first-order valence-electron chi connectivity index (χ1n) is 13.2. The average Bonchev–Trinajstić information content (AvgIpc) is 2.90. The van der Waals surface area contributed by atoms with Crippen LogP contribution in [-0.2, 0) is 4.74 Å². The molecule has 1 fully saturated rings. The Morgan fingerprint density at radius 3 is 2.58 bits per heavy atom. The SMILES string of the molecule is CC(C)OC(=O)N1CCC=C(c2cc(NC(=O)c3c[nH]c(=O)cc3C(F)F)c(N3CCN(C)[C@@H](C)C3)cc2F)C1. The molecule has 0 radical (unpaired) electrons. The number of ether oxygens (including phenoxy) is 1. The molecule has 1 saturated heterocycles. The fourth-order valence-electron chi connectivity index (χ4n) is 4.86. The lowest BCUT2D eigenvalue weighted by molar-refractivity contribution is 0.0802. The van der Waals surface area contributed by atoms with Crippen molar-refractivity contribution in [3.8, 4) is 0 Å². The Morgan fingerprint density at radius 2 is 1.90 bits per heavy atom. The maximum atomic E-state index is 15.7. The highest BCUT2D eigenvalue weighted by molar-refractivity contribution is 6.07. The van der Waals surface area contributed by atoms with Crippen molar-refractivity contribution in [2.75, 3.05) is 50.0 Å². The molecule has 0 bridgehead atoms. The first-order chi connectivity index (χ1) is 18.9. The van der Waals surface area contributed by atoms with E-state index in [4.69, 9.17) is 4.74 Å². The average molecular weight is 562 g/mol. The summed E-state index contributed by atoms with van der Waals surface area (Å²) in [5, 5.41) is 2.68. The molecule has 2 aliphatic rings. The molecule has 2 N–H and O–H groups in total. The van der Waals surface area contributed by atoms with Gasteiger partial charge >= 0.3 is 6.09 Å². The highest BCUT2D eigenvalue weighted by Gasteiger charge is 2.28. The molecule has 0 spiro atoms. The molecule has 216 valence electrons. The summed E-state index contributed by atoms with van der Waals surface area (Å²) in [6.07, 6.45) is -0.599. The summed E-state index contributed by atoms with van der Waals surface area (Å²) >= 11 is 0. The van der Waals surface area contributed by atoms with E-state index in [0.717, 1.165) is 6.20 Å². The van der Waals surface area contributed by atoms with E-state index in [0.29, 0.717) is 49.9 Å². The van der Waals surface area contributed by atoms with Crippen molar-refractivity contribution in [3.05, 3.63) is 63.3 Å². The van der Waals surface area contributed by atoms with Crippen LogP contribution >= 0.6 is 0 Å². The minimum Gasteiger partial charge on any atom is -0.447 e. The monoisotopic (exact) mass is 561 g/mol. The molecule has 4 rings (SSSR count). The van der Waals surface area contributed by atoms with E-state index in [1.165, 1.54) is 17.0 Å². The van der Waals surface area contributed by atoms with Gasteiger partial charge in [-0.15, -0.1) is 0 Å². The molecular formula is C28H34F3N5O4. The van der Waals surface area contributed by atoms with Crippen molar-refractivity contribution in [2.45, 2.75) is 45.8 Å². The van der Waals surface area contributed by atoms with Crippen molar-refractivity contribution >= 4 is 28.9 Å². The number of carbonyl (C=O) groups is 2. The van der Waals surface area contributed by atoms with Gasteiger partial charge in [-0.25, -0.2) is 18.0 Å². The Labute approximate surface area is 230 Å². The second-order valence-electron chi connectivity index (χ2n) is 10.4. The number of piperazine rings is 1. The fraction of sp³-hybridized carbons (Fsp3) is 0.464. The molecule has 0 saturated carbocycles. The lowest BCUT2D eigenvalue weighted by Gasteiger charge is -2.40. The number of aromatic amines is 1. The summed E-state index contributed by atoms with van der Waals surface area (Å²) in [6, 6.07) is 3.64. The van der Waals surface area contributed by atoms with Crippen molar-refractivity contribution < 1.29 is 27.5 Å². The Kier molecular flexibility index (Phi) is 8.87. The van der Waals surface area contributed by atoms with Gasteiger partial charge in [-0.3, -0.25) is 9.59 Å². The number of rotatable bonds is 6. The summed E-state index contributed by atoms with van der Waals surface area (Å²) in [4.78, 5) is 45.2. The van der Waals surface area contributed by atoms with Gasteiger partial charge in [0.05, 0.1) is 23.0 Å². The van der Waals surface area contributed by atoms with E-state index in [9.17, 15) is 23.2 Å². The largest absolute Gasteiger partial charge is 0.447 e. The predicted molar refractivity (Wildman–Crippen MR) is 146 cm³/mol. The number of H-pyrrole nitrogens is 1. The molecule has 9 nitrogen and oxygen atoms in total. The minimum atomic E-state index is -3.05. The number of hydrogen-bond donors (Lipinski definition) is 2. The molecule has 3 heterocycles. The molecule has 1 aromatic heterocycles. The molecule has 2 aromatic rings. The number of aromatic nitrogens is 1. The number of pyridine rings is 1. The maximum absolute atomic E-state index is 15.7. The summed E-state index contributed by atoms with van der Waals surface area (Å²) in [5.74, 6) is -1.41. The van der Waals surface area contributed by atoms with Crippen LogP contribution in [0.1, 0.15) is 55.1 Å². The molecule has 1 atom stereocenters. The second kappa shape index (κ2) is 12.2. The Bertz CT molecular complexity index is 1360. The van der Waals surface area contributed by atoms with Crippen LogP contribution in [0.2, 0.25) is 0 Å². The molecule has 0 unspecified atom stereocenters. The zero-order chi connectivity index (χ0) is 29.1.